The molecule has 0 saturated carbocycles. The molecule has 24 heavy (non-hydrogen) atoms. The fourth-order valence-electron chi connectivity index (χ4n) is 2.72. The maximum atomic E-state index is 12.3. The maximum Gasteiger partial charge on any atom is 0.224 e. The predicted molar refractivity (Wildman–Crippen MR) is 93.4 cm³/mol. The van der Waals surface area contributed by atoms with E-state index in [0.717, 1.165) is 11.3 Å². The first-order chi connectivity index (χ1) is 11.3. The van der Waals surface area contributed by atoms with Crippen LogP contribution in [0.3, 0.4) is 0 Å². The minimum absolute atomic E-state index is 0.108. The summed E-state index contributed by atoms with van der Waals surface area (Å²) in [6.07, 6.45) is 2.61. The number of sulfonamides is 1. The molecule has 0 aliphatic carbocycles. The molecule has 0 aromatic heterocycles. The number of benzene rings is 1. The molecule has 1 aromatic carbocycles. The number of amides is 1. The van der Waals surface area contributed by atoms with Crippen LogP contribution in [-0.4, -0.2) is 50.6 Å². The number of rotatable bonds is 6. The molecule has 0 unspecified atom stereocenters. The Hall–Kier alpha value is -1.60. The zero-order chi connectivity index (χ0) is 17.7. The van der Waals surface area contributed by atoms with E-state index >= 15 is 0 Å². The summed E-state index contributed by atoms with van der Waals surface area (Å²) in [5, 5.41) is 2.92. The Morgan fingerprint density at radius 3 is 2.67 bits per heavy atom. The molecule has 2 rings (SSSR count). The highest BCUT2D eigenvalue weighted by Crippen LogP contribution is 2.19. The van der Waals surface area contributed by atoms with Crippen LogP contribution in [0, 0.1) is 12.8 Å². The first-order valence-corrected chi connectivity index (χ1v) is 10.1. The third-order valence-electron chi connectivity index (χ3n) is 4.13. The number of aryl methyl sites for hydroxylation is 1. The zero-order valence-electron chi connectivity index (χ0n) is 14.5. The lowest BCUT2D eigenvalue weighted by Crippen LogP contribution is -2.47. The van der Waals surface area contributed by atoms with Gasteiger partial charge in [0, 0.05) is 13.1 Å². The molecule has 1 saturated heterocycles. The van der Waals surface area contributed by atoms with Crippen molar-refractivity contribution < 1.29 is 17.9 Å². The molecule has 1 fully saturated rings. The number of hydrogen-bond acceptors (Lipinski definition) is 4. The van der Waals surface area contributed by atoms with Crippen molar-refractivity contribution in [1.82, 2.24) is 9.62 Å². The van der Waals surface area contributed by atoms with E-state index in [-0.39, 0.29) is 24.4 Å². The molecular formula is C17H26N2O4S. The summed E-state index contributed by atoms with van der Waals surface area (Å²) in [6.45, 7) is 5.02. The molecule has 1 aliphatic heterocycles. The van der Waals surface area contributed by atoms with Crippen LogP contribution in [0.4, 0.5) is 0 Å². The first-order valence-electron chi connectivity index (χ1n) is 8.20. The summed E-state index contributed by atoms with van der Waals surface area (Å²) in [6, 6.07) is 7.59. The van der Waals surface area contributed by atoms with E-state index in [1.807, 2.05) is 38.1 Å². The molecule has 2 atom stereocenters. The first kappa shape index (κ1) is 18.7. The van der Waals surface area contributed by atoms with Crippen molar-refractivity contribution in [1.29, 1.82) is 0 Å². The molecule has 1 amide bonds. The Kier molecular flexibility index (Phi) is 6.23. The van der Waals surface area contributed by atoms with E-state index in [4.69, 9.17) is 4.74 Å². The van der Waals surface area contributed by atoms with Gasteiger partial charge in [0.15, 0.2) is 0 Å². The van der Waals surface area contributed by atoms with Crippen LogP contribution in [0.2, 0.25) is 0 Å². The molecule has 6 nitrogen and oxygen atoms in total. The van der Waals surface area contributed by atoms with Crippen molar-refractivity contribution in [2.24, 2.45) is 5.92 Å². The third kappa shape index (κ3) is 5.49. The second kappa shape index (κ2) is 7.98. The van der Waals surface area contributed by atoms with Gasteiger partial charge < -0.3 is 10.1 Å². The van der Waals surface area contributed by atoms with Crippen molar-refractivity contribution in [3.05, 3.63) is 29.8 Å². The van der Waals surface area contributed by atoms with Crippen molar-refractivity contribution >= 4 is 15.9 Å². The van der Waals surface area contributed by atoms with E-state index in [0.29, 0.717) is 26.0 Å². The number of piperidine rings is 1. The van der Waals surface area contributed by atoms with E-state index < -0.39 is 10.0 Å². The quantitative estimate of drug-likeness (QED) is 0.841. The number of hydrogen-bond donors (Lipinski definition) is 1. The van der Waals surface area contributed by atoms with Crippen molar-refractivity contribution in [3.8, 4) is 5.75 Å². The van der Waals surface area contributed by atoms with Crippen LogP contribution < -0.4 is 10.1 Å². The van der Waals surface area contributed by atoms with Gasteiger partial charge in [0.25, 0.3) is 0 Å². The summed E-state index contributed by atoms with van der Waals surface area (Å²) in [5.41, 5.74) is 1.16. The van der Waals surface area contributed by atoms with E-state index in [1.165, 1.54) is 10.6 Å². The second-order valence-corrected chi connectivity index (χ2v) is 8.48. The van der Waals surface area contributed by atoms with Gasteiger partial charge in [0.05, 0.1) is 18.2 Å². The van der Waals surface area contributed by atoms with Crippen molar-refractivity contribution in [2.45, 2.75) is 32.7 Å². The molecule has 1 N–H and O–H groups in total. The minimum Gasteiger partial charge on any atom is -0.491 e. The molecule has 134 valence electrons. The van der Waals surface area contributed by atoms with E-state index in [9.17, 15) is 13.2 Å². The predicted octanol–water partition coefficient (Wildman–Crippen LogP) is 1.55. The molecule has 0 spiro atoms. The smallest absolute Gasteiger partial charge is 0.224 e. The number of ether oxygens (including phenoxy) is 1. The molecule has 0 radical (unpaired) electrons. The maximum absolute atomic E-state index is 12.3. The lowest BCUT2D eigenvalue weighted by atomic mass is 9.98. The molecule has 0 bridgehead atoms. The molecular weight excluding hydrogens is 328 g/mol. The van der Waals surface area contributed by atoms with Crippen LogP contribution in [0.25, 0.3) is 0 Å². The Morgan fingerprint density at radius 2 is 2.04 bits per heavy atom. The largest absolute Gasteiger partial charge is 0.491 e. The van der Waals surface area contributed by atoms with Gasteiger partial charge in [-0.1, -0.05) is 17.7 Å². The number of nitrogens with zero attached hydrogens (tertiary/aromatic N) is 1. The van der Waals surface area contributed by atoms with Gasteiger partial charge in [-0.2, -0.15) is 0 Å². The molecule has 1 heterocycles. The van der Waals surface area contributed by atoms with Crippen LogP contribution in [0.5, 0.6) is 5.75 Å². The van der Waals surface area contributed by atoms with Gasteiger partial charge in [0.1, 0.15) is 12.4 Å². The van der Waals surface area contributed by atoms with Gasteiger partial charge in [0.2, 0.25) is 15.9 Å². The standard InChI is InChI=1S/C17H26N2O4S/c1-13-6-8-16(9-7-13)23-12-14(2)18-17(20)15-5-4-10-19(11-15)24(3,21)22/h6-9,14-15H,4-5,10-12H2,1-3H3,(H,18,20)/t14-,15+/m1/s1. The topological polar surface area (TPSA) is 75.7 Å². The highest BCUT2D eigenvalue weighted by atomic mass is 32.2. The van der Waals surface area contributed by atoms with Crippen LogP contribution in [0.1, 0.15) is 25.3 Å². The van der Waals surface area contributed by atoms with Gasteiger partial charge >= 0.3 is 0 Å². The number of nitrogens with one attached hydrogen (secondary N) is 1. The van der Waals surface area contributed by atoms with Crippen LogP contribution in [-0.2, 0) is 14.8 Å². The fraction of sp³-hybridized carbons (Fsp3) is 0.588. The van der Waals surface area contributed by atoms with Crippen molar-refractivity contribution in [3.63, 3.8) is 0 Å². The van der Waals surface area contributed by atoms with Gasteiger partial charge in [-0.25, -0.2) is 12.7 Å². The minimum atomic E-state index is -3.24. The highest BCUT2D eigenvalue weighted by Gasteiger charge is 2.30. The summed E-state index contributed by atoms with van der Waals surface area (Å²) < 4.78 is 30.3. The monoisotopic (exact) mass is 354 g/mol. The molecule has 1 aromatic rings. The molecule has 7 heteroatoms. The lowest BCUT2D eigenvalue weighted by Gasteiger charge is -2.30. The fourth-order valence-corrected chi connectivity index (χ4v) is 3.63. The normalized spacial score (nSPS) is 20.4. The van der Waals surface area contributed by atoms with Crippen molar-refractivity contribution in [2.75, 3.05) is 26.0 Å². The van der Waals surface area contributed by atoms with E-state index in [1.54, 1.807) is 0 Å². The SMILES string of the molecule is Cc1ccc(OC[C@@H](C)NC(=O)[C@H]2CCCN(S(C)(=O)=O)C2)cc1. The number of carbonyl (C=O) groups is 1. The van der Waals surface area contributed by atoms with Gasteiger partial charge in [-0.15, -0.1) is 0 Å². The Morgan fingerprint density at radius 1 is 1.38 bits per heavy atom. The Bertz CT molecular complexity index is 658. The second-order valence-electron chi connectivity index (χ2n) is 6.49. The zero-order valence-corrected chi connectivity index (χ0v) is 15.3. The average Bonchev–Trinajstić information content (AvgIpc) is 2.53. The van der Waals surface area contributed by atoms with Gasteiger partial charge in [-0.3, -0.25) is 4.79 Å². The van der Waals surface area contributed by atoms with Crippen LogP contribution in [0.15, 0.2) is 24.3 Å². The molecule has 1 aliphatic rings. The average molecular weight is 354 g/mol. The summed E-state index contributed by atoms with van der Waals surface area (Å²) >= 11 is 0. The van der Waals surface area contributed by atoms with E-state index in [2.05, 4.69) is 5.32 Å². The Balaban J connectivity index is 1.81. The van der Waals surface area contributed by atoms with Gasteiger partial charge in [-0.05, 0) is 38.8 Å². The summed E-state index contributed by atoms with van der Waals surface area (Å²) in [4.78, 5) is 12.3. The summed E-state index contributed by atoms with van der Waals surface area (Å²) in [7, 11) is -3.24. The lowest BCUT2D eigenvalue weighted by molar-refractivity contribution is -0.126. The summed E-state index contributed by atoms with van der Waals surface area (Å²) in [5.74, 6) is 0.362. The Labute approximate surface area is 144 Å². The highest BCUT2D eigenvalue weighted by molar-refractivity contribution is 7.88. The third-order valence-corrected chi connectivity index (χ3v) is 5.40. The number of carbonyl (C=O) groups excluding carboxylic acids is 1. The van der Waals surface area contributed by atoms with Crippen LogP contribution >= 0.6 is 0 Å².